The average molecular weight is 301 g/mol. The normalized spacial score (nSPS) is 17.7. The van der Waals surface area contributed by atoms with Gasteiger partial charge in [0.15, 0.2) is 0 Å². The second-order valence-corrected chi connectivity index (χ2v) is 5.61. The van der Waals surface area contributed by atoms with Crippen LogP contribution in [0.3, 0.4) is 0 Å². The molecule has 3 rings (SSSR count). The first-order chi connectivity index (χ1) is 10.6. The van der Waals surface area contributed by atoms with Crippen molar-refractivity contribution in [3.05, 3.63) is 71.3 Å². The minimum atomic E-state index is -0.660. The molecule has 2 aromatic rings. The van der Waals surface area contributed by atoms with Gasteiger partial charge in [0.1, 0.15) is 11.6 Å². The standard InChI is InChI=1S/C18H17F2NO/c19-16-7-4-8-17(20)15(16)11-18(22)21-10-9-14(12-21)13-5-2-1-3-6-13/h1-8,14H,9-12H2/t14-/m0/s1. The summed E-state index contributed by atoms with van der Waals surface area (Å²) in [5.74, 6) is -1.24. The Morgan fingerprint density at radius 2 is 1.73 bits per heavy atom. The predicted octanol–water partition coefficient (Wildman–Crippen LogP) is 3.52. The fourth-order valence-corrected chi connectivity index (χ4v) is 2.95. The van der Waals surface area contributed by atoms with Gasteiger partial charge >= 0.3 is 0 Å². The van der Waals surface area contributed by atoms with E-state index in [-0.39, 0.29) is 17.9 Å². The Balaban J connectivity index is 1.67. The molecule has 0 bridgehead atoms. The van der Waals surface area contributed by atoms with Crippen LogP contribution in [0.25, 0.3) is 0 Å². The van der Waals surface area contributed by atoms with E-state index < -0.39 is 11.6 Å². The molecule has 0 aliphatic carbocycles. The summed E-state index contributed by atoms with van der Waals surface area (Å²) in [7, 11) is 0. The molecule has 1 saturated heterocycles. The molecule has 1 amide bonds. The van der Waals surface area contributed by atoms with Crippen molar-refractivity contribution < 1.29 is 13.6 Å². The van der Waals surface area contributed by atoms with Crippen LogP contribution in [0.5, 0.6) is 0 Å². The van der Waals surface area contributed by atoms with Gasteiger partial charge in [0.25, 0.3) is 0 Å². The van der Waals surface area contributed by atoms with E-state index in [2.05, 4.69) is 12.1 Å². The topological polar surface area (TPSA) is 20.3 Å². The van der Waals surface area contributed by atoms with E-state index >= 15 is 0 Å². The van der Waals surface area contributed by atoms with Gasteiger partial charge in [0, 0.05) is 24.6 Å². The Kier molecular flexibility index (Phi) is 4.18. The minimum absolute atomic E-state index is 0.143. The maximum absolute atomic E-state index is 13.6. The molecule has 4 heteroatoms. The number of amides is 1. The molecule has 0 N–H and O–H groups in total. The highest BCUT2D eigenvalue weighted by molar-refractivity contribution is 5.79. The lowest BCUT2D eigenvalue weighted by Gasteiger charge is -2.17. The molecule has 1 fully saturated rings. The van der Waals surface area contributed by atoms with Gasteiger partial charge < -0.3 is 4.90 Å². The molecule has 2 aromatic carbocycles. The molecule has 0 saturated carbocycles. The second-order valence-electron chi connectivity index (χ2n) is 5.61. The first kappa shape index (κ1) is 14.7. The third-order valence-corrected chi connectivity index (χ3v) is 4.20. The van der Waals surface area contributed by atoms with Crippen molar-refractivity contribution in [2.75, 3.05) is 13.1 Å². The van der Waals surface area contributed by atoms with Gasteiger partial charge in [0.2, 0.25) is 5.91 Å². The van der Waals surface area contributed by atoms with Crippen LogP contribution in [0.2, 0.25) is 0 Å². The van der Waals surface area contributed by atoms with Gasteiger partial charge in [-0.3, -0.25) is 4.79 Å². The summed E-state index contributed by atoms with van der Waals surface area (Å²) in [6.07, 6.45) is 0.662. The van der Waals surface area contributed by atoms with Crippen LogP contribution in [0.1, 0.15) is 23.5 Å². The van der Waals surface area contributed by atoms with E-state index in [1.807, 2.05) is 18.2 Å². The number of hydrogen-bond acceptors (Lipinski definition) is 1. The highest BCUT2D eigenvalue weighted by atomic mass is 19.1. The van der Waals surface area contributed by atoms with Crippen molar-refractivity contribution in [1.29, 1.82) is 0 Å². The molecular formula is C18H17F2NO. The van der Waals surface area contributed by atoms with Crippen molar-refractivity contribution in [1.82, 2.24) is 4.90 Å². The van der Waals surface area contributed by atoms with Crippen LogP contribution < -0.4 is 0 Å². The third-order valence-electron chi connectivity index (χ3n) is 4.20. The van der Waals surface area contributed by atoms with Crippen LogP contribution in [0, 0.1) is 11.6 Å². The van der Waals surface area contributed by atoms with Gasteiger partial charge in [-0.15, -0.1) is 0 Å². The number of benzene rings is 2. The number of carbonyl (C=O) groups is 1. The zero-order chi connectivity index (χ0) is 15.5. The lowest BCUT2D eigenvalue weighted by molar-refractivity contribution is -0.129. The van der Waals surface area contributed by atoms with E-state index in [0.717, 1.165) is 6.42 Å². The third kappa shape index (κ3) is 3.01. The molecule has 1 aliphatic heterocycles. The van der Waals surface area contributed by atoms with E-state index in [4.69, 9.17) is 0 Å². The van der Waals surface area contributed by atoms with Crippen molar-refractivity contribution in [2.24, 2.45) is 0 Å². The van der Waals surface area contributed by atoms with Crippen molar-refractivity contribution in [3.63, 3.8) is 0 Å². The first-order valence-electron chi connectivity index (χ1n) is 7.41. The van der Waals surface area contributed by atoms with E-state index in [9.17, 15) is 13.6 Å². The van der Waals surface area contributed by atoms with E-state index in [1.165, 1.54) is 23.8 Å². The maximum atomic E-state index is 13.6. The summed E-state index contributed by atoms with van der Waals surface area (Å²) in [4.78, 5) is 14.0. The maximum Gasteiger partial charge on any atom is 0.227 e. The molecule has 1 aliphatic rings. The van der Waals surface area contributed by atoms with Crippen LogP contribution in [0.4, 0.5) is 8.78 Å². The van der Waals surface area contributed by atoms with Crippen LogP contribution >= 0.6 is 0 Å². The largest absolute Gasteiger partial charge is 0.342 e. The van der Waals surface area contributed by atoms with E-state index in [1.54, 1.807) is 4.90 Å². The fraction of sp³-hybridized carbons (Fsp3) is 0.278. The highest BCUT2D eigenvalue weighted by Gasteiger charge is 2.28. The van der Waals surface area contributed by atoms with Crippen molar-refractivity contribution >= 4 is 5.91 Å². The summed E-state index contributed by atoms with van der Waals surface area (Å²) in [5.41, 5.74) is 1.06. The number of halogens is 2. The van der Waals surface area contributed by atoms with Gasteiger partial charge in [-0.05, 0) is 24.1 Å². The van der Waals surface area contributed by atoms with E-state index in [0.29, 0.717) is 19.0 Å². The summed E-state index contributed by atoms with van der Waals surface area (Å²) in [6.45, 7) is 1.24. The zero-order valence-electron chi connectivity index (χ0n) is 12.1. The van der Waals surface area contributed by atoms with Crippen LogP contribution in [-0.2, 0) is 11.2 Å². The Bertz CT molecular complexity index is 652. The Morgan fingerprint density at radius 1 is 1.05 bits per heavy atom. The molecule has 0 spiro atoms. The Morgan fingerprint density at radius 3 is 2.41 bits per heavy atom. The highest BCUT2D eigenvalue weighted by Crippen LogP contribution is 2.27. The molecule has 114 valence electrons. The van der Waals surface area contributed by atoms with Gasteiger partial charge in [0.05, 0.1) is 6.42 Å². The molecule has 0 radical (unpaired) electrons. The SMILES string of the molecule is O=C(Cc1c(F)cccc1F)N1CC[C@H](c2ccccc2)C1. The number of carbonyl (C=O) groups excluding carboxylic acids is 1. The molecular weight excluding hydrogens is 284 g/mol. The molecule has 0 aromatic heterocycles. The summed E-state index contributed by atoms with van der Waals surface area (Å²) in [5, 5.41) is 0. The van der Waals surface area contributed by atoms with Gasteiger partial charge in [-0.25, -0.2) is 8.78 Å². The lowest BCUT2D eigenvalue weighted by Crippen LogP contribution is -2.30. The summed E-state index contributed by atoms with van der Waals surface area (Å²) < 4.78 is 27.3. The monoisotopic (exact) mass is 301 g/mol. The van der Waals surface area contributed by atoms with Crippen molar-refractivity contribution in [3.8, 4) is 0 Å². The average Bonchev–Trinajstić information content (AvgIpc) is 3.02. The van der Waals surface area contributed by atoms with Gasteiger partial charge in [-0.2, -0.15) is 0 Å². The first-order valence-corrected chi connectivity index (χ1v) is 7.41. The fourth-order valence-electron chi connectivity index (χ4n) is 2.95. The van der Waals surface area contributed by atoms with Gasteiger partial charge in [-0.1, -0.05) is 36.4 Å². The summed E-state index contributed by atoms with van der Waals surface area (Å²) >= 11 is 0. The quantitative estimate of drug-likeness (QED) is 0.849. The van der Waals surface area contributed by atoms with Crippen LogP contribution in [-0.4, -0.2) is 23.9 Å². The lowest BCUT2D eigenvalue weighted by atomic mass is 9.99. The smallest absolute Gasteiger partial charge is 0.227 e. The molecule has 0 unspecified atom stereocenters. The molecule has 2 nitrogen and oxygen atoms in total. The van der Waals surface area contributed by atoms with Crippen LogP contribution in [0.15, 0.2) is 48.5 Å². The number of hydrogen-bond donors (Lipinski definition) is 0. The Labute approximate surface area is 128 Å². The minimum Gasteiger partial charge on any atom is -0.342 e. The molecule has 1 atom stereocenters. The number of nitrogens with zero attached hydrogens (tertiary/aromatic N) is 1. The number of rotatable bonds is 3. The number of likely N-dealkylation sites (tertiary alicyclic amines) is 1. The molecule has 22 heavy (non-hydrogen) atoms. The summed E-state index contributed by atoms with van der Waals surface area (Å²) in [6, 6.07) is 13.7. The Hall–Kier alpha value is -2.23. The zero-order valence-corrected chi connectivity index (χ0v) is 12.1. The molecule has 1 heterocycles. The predicted molar refractivity (Wildman–Crippen MR) is 80.4 cm³/mol. The van der Waals surface area contributed by atoms with Crippen molar-refractivity contribution in [2.45, 2.75) is 18.8 Å². The second kappa shape index (κ2) is 6.26.